The fourth-order valence-electron chi connectivity index (χ4n) is 4.59. The number of nitrogen functional groups attached to an aromatic ring is 1. The Morgan fingerprint density at radius 1 is 0.971 bits per heavy atom. The number of benzene rings is 2. The molecule has 1 aliphatic rings. The Bertz CT molecular complexity index is 1440. The smallest absolute Gasteiger partial charge is 0.261 e. The number of nitrogens with two attached hydrogens (primary N) is 1. The molecular weight excluding hydrogens is 450 g/mol. The van der Waals surface area contributed by atoms with Crippen LogP contribution in [0.4, 0.5) is 20.3 Å². The van der Waals surface area contributed by atoms with Crippen molar-refractivity contribution < 1.29 is 8.78 Å². The molecule has 1 aliphatic heterocycles. The number of rotatable bonds is 4. The van der Waals surface area contributed by atoms with Crippen LogP contribution in [0.1, 0.15) is 13.8 Å². The van der Waals surface area contributed by atoms with Gasteiger partial charge in [-0.1, -0.05) is 12.1 Å². The number of fused-ring (bicyclic) bond motifs is 1. The minimum atomic E-state index is -0.737. The summed E-state index contributed by atoms with van der Waals surface area (Å²) in [6.45, 7) is 8.28. The Hall–Kier alpha value is -3.85. The van der Waals surface area contributed by atoms with Crippen molar-refractivity contribution in [3.63, 3.8) is 0 Å². The van der Waals surface area contributed by atoms with E-state index < -0.39 is 17.3 Å². The van der Waals surface area contributed by atoms with Gasteiger partial charge in [0.1, 0.15) is 17.0 Å². The van der Waals surface area contributed by atoms with E-state index in [1.54, 1.807) is 12.1 Å². The van der Waals surface area contributed by atoms with Crippen molar-refractivity contribution in [2.45, 2.75) is 19.9 Å². The number of nitrogens with one attached hydrogen (secondary N) is 1. The normalized spacial score (nSPS) is 14.7. The molecule has 2 aromatic carbocycles. The molecule has 0 unspecified atom stereocenters. The second-order valence-electron chi connectivity index (χ2n) is 9.01. The third-order valence-electron chi connectivity index (χ3n) is 6.60. The van der Waals surface area contributed by atoms with E-state index in [2.05, 4.69) is 38.6 Å². The summed E-state index contributed by atoms with van der Waals surface area (Å²) < 4.78 is 29.6. The molecule has 5 rings (SSSR count). The lowest BCUT2D eigenvalue weighted by Gasteiger charge is -2.38. The number of aromatic nitrogens is 3. The van der Waals surface area contributed by atoms with Crippen molar-refractivity contribution in [1.29, 1.82) is 0 Å². The molecule has 1 fully saturated rings. The summed E-state index contributed by atoms with van der Waals surface area (Å²) >= 11 is 0. The van der Waals surface area contributed by atoms with E-state index in [1.165, 1.54) is 12.4 Å². The van der Waals surface area contributed by atoms with Gasteiger partial charge >= 0.3 is 0 Å². The molecule has 1 saturated heterocycles. The number of halogens is 2. The predicted octanol–water partition coefficient (Wildman–Crippen LogP) is 4.04. The molecule has 0 amide bonds. The van der Waals surface area contributed by atoms with E-state index >= 15 is 0 Å². The highest BCUT2D eigenvalue weighted by Crippen LogP contribution is 2.34. The highest BCUT2D eigenvalue weighted by molar-refractivity contribution is 5.87. The number of nitrogens with zero attached hydrogens (tertiary/aromatic N) is 4. The van der Waals surface area contributed by atoms with Crippen LogP contribution in [0.15, 0.2) is 53.6 Å². The molecule has 3 N–H and O–H groups in total. The lowest BCUT2D eigenvalue weighted by atomic mass is 9.99. The van der Waals surface area contributed by atoms with Gasteiger partial charge in [-0.05, 0) is 55.3 Å². The van der Waals surface area contributed by atoms with Crippen LogP contribution in [0.5, 0.6) is 0 Å². The van der Waals surface area contributed by atoms with Crippen molar-refractivity contribution >= 4 is 22.4 Å². The van der Waals surface area contributed by atoms with Crippen molar-refractivity contribution in [2.24, 2.45) is 0 Å². The molecular formula is C26H26F2N6O. The second-order valence-corrected chi connectivity index (χ2v) is 9.01. The van der Waals surface area contributed by atoms with Gasteiger partial charge in [-0.25, -0.2) is 14.4 Å². The highest BCUT2D eigenvalue weighted by atomic mass is 19.1. The molecule has 7 nitrogen and oxygen atoms in total. The topological polar surface area (TPSA) is 91.1 Å². The monoisotopic (exact) mass is 476 g/mol. The third-order valence-corrected chi connectivity index (χ3v) is 6.60. The van der Waals surface area contributed by atoms with Crippen LogP contribution in [0.3, 0.4) is 0 Å². The summed E-state index contributed by atoms with van der Waals surface area (Å²) in [4.78, 5) is 27.0. The van der Waals surface area contributed by atoms with Crippen molar-refractivity contribution in [3.05, 3.63) is 70.9 Å². The molecule has 3 heterocycles. The zero-order valence-electron chi connectivity index (χ0n) is 19.6. The maximum Gasteiger partial charge on any atom is 0.261 e. The van der Waals surface area contributed by atoms with Crippen molar-refractivity contribution in [3.8, 4) is 22.3 Å². The molecule has 0 radical (unpaired) electrons. The molecule has 2 aromatic heterocycles. The summed E-state index contributed by atoms with van der Waals surface area (Å²) in [7, 11) is 0. The first-order valence-corrected chi connectivity index (χ1v) is 11.5. The van der Waals surface area contributed by atoms with Gasteiger partial charge in [0, 0.05) is 49.0 Å². The summed E-state index contributed by atoms with van der Waals surface area (Å²) in [5.74, 6) is -1.52. The van der Waals surface area contributed by atoms with Gasteiger partial charge in [0.25, 0.3) is 5.56 Å². The van der Waals surface area contributed by atoms with Crippen molar-refractivity contribution in [2.75, 3.05) is 36.8 Å². The van der Waals surface area contributed by atoms with Gasteiger partial charge in [-0.3, -0.25) is 9.69 Å². The molecule has 4 aromatic rings. The Labute approximate surface area is 201 Å². The molecule has 180 valence electrons. The van der Waals surface area contributed by atoms with Gasteiger partial charge in [0.2, 0.25) is 5.95 Å². The van der Waals surface area contributed by atoms with E-state index in [0.717, 1.165) is 31.9 Å². The fraction of sp³-hybridized carbons (Fsp3) is 0.269. The van der Waals surface area contributed by atoms with Crippen LogP contribution in [0, 0.1) is 11.8 Å². The van der Waals surface area contributed by atoms with Crippen LogP contribution in [0.2, 0.25) is 0 Å². The Balaban J connectivity index is 1.47. The van der Waals surface area contributed by atoms with Crippen molar-refractivity contribution in [1.82, 2.24) is 19.9 Å². The largest absolute Gasteiger partial charge is 0.383 e. The second kappa shape index (κ2) is 9.07. The molecule has 0 spiro atoms. The summed E-state index contributed by atoms with van der Waals surface area (Å²) in [5.41, 5.74) is 8.30. The quantitative estimate of drug-likeness (QED) is 0.432. The van der Waals surface area contributed by atoms with Crippen LogP contribution in [-0.2, 0) is 0 Å². The third kappa shape index (κ3) is 4.35. The molecule has 0 atom stereocenters. The standard InChI is InChI=1S/C26H26F2N6O/c1-15(2)33-7-9-34(10-8-33)18-5-3-16(4-6-18)19-13-20(25(29)32-24(19)28)17-11-21(27)23-22(12-17)30-14-31-26(23)35/h3-6,11-15H,7-10H2,1-2H3,(H2,29,32)(H,30,31,35). The first-order chi connectivity index (χ1) is 16.8. The number of pyridine rings is 1. The summed E-state index contributed by atoms with van der Waals surface area (Å²) in [6.07, 6.45) is 1.20. The highest BCUT2D eigenvalue weighted by Gasteiger charge is 2.20. The predicted molar refractivity (Wildman–Crippen MR) is 134 cm³/mol. The van der Waals surface area contributed by atoms with Crippen LogP contribution < -0.4 is 16.2 Å². The summed E-state index contributed by atoms with van der Waals surface area (Å²) in [6, 6.07) is 12.5. The maximum absolute atomic E-state index is 14.9. The molecule has 9 heteroatoms. The lowest BCUT2D eigenvalue weighted by molar-refractivity contribution is 0.209. The Morgan fingerprint density at radius 2 is 1.69 bits per heavy atom. The van der Waals surface area contributed by atoms with Gasteiger partial charge in [-0.2, -0.15) is 4.39 Å². The van der Waals surface area contributed by atoms with Gasteiger partial charge in [0.05, 0.1) is 11.8 Å². The van der Waals surface area contributed by atoms with E-state index in [9.17, 15) is 13.6 Å². The average molecular weight is 477 g/mol. The number of piperazine rings is 1. The molecule has 0 aliphatic carbocycles. The average Bonchev–Trinajstić information content (AvgIpc) is 2.84. The van der Waals surface area contributed by atoms with Crippen LogP contribution in [-0.4, -0.2) is 52.1 Å². The van der Waals surface area contributed by atoms with Gasteiger partial charge < -0.3 is 15.6 Å². The minimum absolute atomic E-state index is 0.0746. The van der Waals surface area contributed by atoms with Gasteiger partial charge in [-0.15, -0.1) is 0 Å². The number of hydrogen-bond acceptors (Lipinski definition) is 6. The SMILES string of the molecule is CC(C)N1CCN(c2ccc(-c3cc(-c4cc(F)c5c(=O)[nH]cnc5c4)c(N)nc3F)cc2)CC1. The zero-order chi connectivity index (χ0) is 24.7. The fourth-order valence-corrected chi connectivity index (χ4v) is 4.59. The van der Waals surface area contributed by atoms with Gasteiger partial charge in [0.15, 0.2) is 0 Å². The molecule has 35 heavy (non-hydrogen) atoms. The lowest BCUT2D eigenvalue weighted by Crippen LogP contribution is -2.48. The van der Waals surface area contributed by atoms with E-state index in [0.29, 0.717) is 22.7 Å². The Morgan fingerprint density at radius 3 is 2.37 bits per heavy atom. The Kier molecular flexibility index (Phi) is 5.94. The van der Waals surface area contributed by atoms with Crippen LogP contribution in [0.25, 0.3) is 33.2 Å². The minimum Gasteiger partial charge on any atom is -0.383 e. The number of aromatic amines is 1. The van der Waals surface area contributed by atoms with Crippen LogP contribution >= 0.6 is 0 Å². The number of anilines is 2. The first kappa shape index (κ1) is 22.9. The zero-order valence-corrected chi connectivity index (χ0v) is 19.6. The molecule has 0 bridgehead atoms. The van der Waals surface area contributed by atoms with E-state index in [4.69, 9.17) is 5.73 Å². The number of hydrogen-bond donors (Lipinski definition) is 2. The first-order valence-electron chi connectivity index (χ1n) is 11.5. The van der Waals surface area contributed by atoms with E-state index in [-0.39, 0.29) is 22.3 Å². The summed E-state index contributed by atoms with van der Waals surface area (Å²) in [5, 5.41) is -0.144. The molecule has 0 saturated carbocycles. The van der Waals surface area contributed by atoms with E-state index in [1.807, 2.05) is 24.3 Å². The maximum atomic E-state index is 14.9. The number of H-pyrrole nitrogens is 1.